The SMILES string of the molecule is Cc1ccc2nnc(C#N)c(NC3CCCC3)c2c1. The first-order valence-corrected chi connectivity index (χ1v) is 6.71. The Bertz CT molecular complexity index is 651. The lowest BCUT2D eigenvalue weighted by Crippen LogP contribution is -2.16. The number of hydrogen-bond acceptors (Lipinski definition) is 4. The number of fused-ring (bicyclic) bond motifs is 1. The Morgan fingerprint density at radius 1 is 1.26 bits per heavy atom. The van der Waals surface area contributed by atoms with Crippen LogP contribution >= 0.6 is 0 Å². The van der Waals surface area contributed by atoms with Crippen LogP contribution in [0.3, 0.4) is 0 Å². The molecule has 1 aromatic carbocycles. The van der Waals surface area contributed by atoms with Gasteiger partial charge in [0, 0.05) is 11.4 Å². The smallest absolute Gasteiger partial charge is 0.186 e. The number of nitrogens with one attached hydrogen (secondary N) is 1. The number of anilines is 1. The molecule has 19 heavy (non-hydrogen) atoms. The monoisotopic (exact) mass is 252 g/mol. The molecule has 0 aliphatic heterocycles. The minimum Gasteiger partial charge on any atom is -0.379 e. The third-order valence-electron chi connectivity index (χ3n) is 3.73. The van der Waals surface area contributed by atoms with E-state index < -0.39 is 0 Å². The topological polar surface area (TPSA) is 61.6 Å². The maximum atomic E-state index is 9.23. The zero-order chi connectivity index (χ0) is 13.2. The van der Waals surface area contributed by atoms with Gasteiger partial charge in [0.1, 0.15) is 6.07 Å². The van der Waals surface area contributed by atoms with E-state index in [0.717, 1.165) is 16.6 Å². The highest BCUT2D eigenvalue weighted by atomic mass is 15.1. The summed E-state index contributed by atoms with van der Waals surface area (Å²) >= 11 is 0. The van der Waals surface area contributed by atoms with Gasteiger partial charge in [-0.05, 0) is 31.9 Å². The fourth-order valence-corrected chi connectivity index (χ4v) is 2.72. The van der Waals surface area contributed by atoms with Crippen molar-refractivity contribution in [1.29, 1.82) is 5.26 Å². The van der Waals surface area contributed by atoms with Gasteiger partial charge < -0.3 is 5.32 Å². The van der Waals surface area contributed by atoms with Crippen LogP contribution in [0.1, 0.15) is 36.9 Å². The first-order valence-electron chi connectivity index (χ1n) is 6.71. The van der Waals surface area contributed by atoms with Crippen molar-refractivity contribution in [1.82, 2.24) is 10.2 Å². The van der Waals surface area contributed by atoms with Gasteiger partial charge in [0.05, 0.1) is 11.2 Å². The van der Waals surface area contributed by atoms with E-state index in [-0.39, 0.29) is 0 Å². The van der Waals surface area contributed by atoms with Gasteiger partial charge in [0.25, 0.3) is 0 Å². The van der Waals surface area contributed by atoms with Crippen LogP contribution in [0.4, 0.5) is 5.69 Å². The van der Waals surface area contributed by atoms with E-state index in [4.69, 9.17) is 0 Å². The predicted octanol–water partition coefficient (Wildman–Crippen LogP) is 3.16. The number of benzene rings is 1. The molecule has 0 atom stereocenters. The Balaban J connectivity index is 2.12. The van der Waals surface area contributed by atoms with Crippen LogP contribution in [-0.2, 0) is 0 Å². The minimum absolute atomic E-state index is 0.394. The zero-order valence-corrected chi connectivity index (χ0v) is 11.0. The minimum atomic E-state index is 0.394. The second-order valence-electron chi connectivity index (χ2n) is 5.18. The molecule has 2 aromatic rings. The third-order valence-corrected chi connectivity index (χ3v) is 3.73. The third kappa shape index (κ3) is 2.24. The first-order chi connectivity index (χ1) is 9.28. The molecule has 1 aromatic heterocycles. The molecule has 0 bridgehead atoms. The summed E-state index contributed by atoms with van der Waals surface area (Å²) in [5, 5.41) is 21.9. The van der Waals surface area contributed by atoms with Crippen molar-refractivity contribution in [2.45, 2.75) is 38.6 Å². The Morgan fingerprint density at radius 3 is 2.79 bits per heavy atom. The maximum absolute atomic E-state index is 9.23. The maximum Gasteiger partial charge on any atom is 0.186 e. The van der Waals surface area contributed by atoms with E-state index in [1.54, 1.807) is 0 Å². The molecular weight excluding hydrogens is 236 g/mol. The molecule has 0 radical (unpaired) electrons. The average molecular weight is 252 g/mol. The number of nitriles is 1. The van der Waals surface area contributed by atoms with Gasteiger partial charge in [-0.2, -0.15) is 5.26 Å². The van der Waals surface area contributed by atoms with Crippen molar-refractivity contribution in [3.05, 3.63) is 29.5 Å². The summed E-state index contributed by atoms with van der Waals surface area (Å²) in [6.45, 7) is 2.05. The summed E-state index contributed by atoms with van der Waals surface area (Å²) in [6.07, 6.45) is 4.85. The normalized spacial score (nSPS) is 15.6. The fraction of sp³-hybridized carbons (Fsp3) is 0.400. The van der Waals surface area contributed by atoms with E-state index in [0.29, 0.717) is 11.7 Å². The molecule has 4 nitrogen and oxygen atoms in total. The van der Waals surface area contributed by atoms with Crippen LogP contribution in [0, 0.1) is 18.3 Å². The molecule has 1 aliphatic carbocycles. The number of hydrogen-bond donors (Lipinski definition) is 1. The molecule has 4 heteroatoms. The summed E-state index contributed by atoms with van der Waals surface area (Å²) in [5.41, 5.74) is 3.25. The van der Waals surface area contributed by atoms with Crippen LogP contribution in [-0.4, -0.2) is 16.2 Å². The van der Waals surface area contributed by atoms with Gasteiger partial charge >= 0.3 is 0 Å². The molecule has 1 N–H and O–H groups in total. The number of aryl methyl sites for hydroxylation is 1. The average Bonchev–Trinajstić information content (AvgIpc) is 2.92. The second kappa shape index (κ2) is 4.85. The van der Waals surface area contributed by atoms with Gasteiger partial charge in [0.2, 0.25) is 0 Å². The lowest BCUT2D eigenvalue weighted by Gasteiger charge is -2.16. The Morgan fingerprint density at radius 2 is 2.05 bits per heavy atom. The Hall–Kier alpha value is -2.15. The van der Waals surface area contributed by atoms with Crippen LogP contribution < -0.4 is 5.32 Å². The van der Waals surface area contributed by atoms with Crippen molar-refractivity contribution in [3.8, 4) is 6.07 Å². The number of rotatable bonds is 2. The van der Waals surface area contributed by atoms with Crippen molar-refractivity contribution in [2.75, 3.05) is 5.32 Å². The quantitative estimate of drug-likeness (QED) is 0.891. The molecule has 1 heterocycles. The van der Waals surface area contributed by atoms with Gasteiger partial charge in [-0.3, -0.25) is 0 Å². The molecule has 0 spiro atoms. The van der Waals surface area contributed by atoms with Gasteiger partial charge in [0.15, 0.2) is 5.69 Å². The van der Waals surface area contributed by atoms with Gasteiger partial charge in [-0.1, -0.05) is 24.5 Å². The first kappa shape index (κ1) is 11.9. The number of aromatic nitrogens is 2. The van der Waals surface area contributed by atoms with Crippen LogP contribution in [0.2, 0.25) is 0 Å². The van der Waals surface area contributed by atoms with E-state index in [1.165, 1.54) is 31.2 Å². The summed E-state index contributed by atoms with van der Waals surface area (Å²) in [6, 6.07) is 8.65. The molecule has 0 saturated heterocycles. The molecular formula is C15H16N4. The highest BCUT2D eigenvalue weighted by Crippen LogP contribution is 2.29. The summed E-state index contributed by atoms with van der Waals surface area (Å²) < 4.78 is 0. The molecule has 1 aliphatic rings. The summed E-state index contributed by atoms with van der Waals surface area (Å²) in [4.78, 5) is 0. The van der Waals surface area contributed by atoms with Crippen LogP contribution in [0.25, 0.3) is 10.9 Å². The summed E-state index contributed by atoms with van der Waals surface area (Å²) in [5.74, 6) is 0. The van der Waals surface area contributed by atoms with Crippen molar-refractivity contribution >= 4 is 16.6 Å². The lowest BCUT2D eigenvalue weighted by atomic mass is 10.1. The standard InChI is InChI=1S/C15H16N4/c1-10-6-7-13-12(8-10)15(14(9-16)19-18-13)17-11-4-2-3-5-11/h6-8,11H,2-5H2,1H3,(H,17,18). The molecule has 3 rings (SSSR count). The molecule has 96 valence electrons. The van der Waals surface area contributed by atoms with Gasteiger partial charge in [-0.25, -0.2) is 0 Å². The predicted molar refractivity (Wildman–Crippen MR) is 74.9 cm³/mol. The Labute approximate surface area is 112 Å². The Kier molecular flexibility index (Phi) is 3.04. The largest absolute Gasteiger partial charge is 0.379 e. The highest BCUT2D eigenvalue weighted by Gasteiger charge is 2.18. The molecule has 0 amide bonds. The molecule has 1 saturated carbocycles. The summed E-state index contributed by atoms with van der Waals surface area (Å²) in [7, 11) is 0. The molecule has 0 unspecified atom stereocenters. The fourth-order valence-electron chi connectivity index (χ4n) is 2.72. The van der Waals surface area contributed by atoms with E-state index in [1.807, 2.05) is 19.1 Å². The lowest BCUT2D eigenvalue weighted by molar-refractivity contribution is 0.754. The number of nitrogens with zero attached hydrogens (tertiary/aromatic N) is 3. The van der Waals surface area contributed by atoms with Gasteiger partial charge in [-0.15, -0.1) is 10.2 Å². The van der Waals surface area contributed by atoms with E-state index in [2.05, 4.69) is 27.6 Å². The van der Waals surface area contributed by atoms with E-state index in [9.17, 15) is 5.26 Å². The van der Waals surface area contributed by atoms with Crippen molar-refractivity contribution in [3.63, 3.8) is 0 Å². The zero-order valence-electron chi connectivity index (χ0n) is 11.0. The molecule has 1 fully saturated rings. The highest BCUT2D eigenvalue weighted by molar-refractivity contribution is 5.93. The van der Waals surface area contributed by atoms with Crippen LogP contribution in [0.5, 0.6) is 0 Å². The second-order valence-corrected chi connectivity index (χ2v) is 5.18. The van der Waals surface area contributed by atoms with Crippen molar-refractivity contribution in [2.24, 2.45) is 0 Å². The van der Waals surface area contributed by atoms with E-state index >= 15 is 0 Å². The van der Waals surface area contributed by atoms with Crippen LogP contribution in [0.15, 0.2) is 18.2 Å². The van der Waals surface area contributed by atoms with Crippen molar-refractivity contribution < 1.29 is 0 Å².